The van der Waals surface area contributed by atoms with Crippen LogP contribution in [0.15, 0.2) is 0 Å². The Balaban J connectivity index is 0.000000399. The molecule has 1 aliphatic rings. The number of sulfonamides is 1. The highest BCUT2D eigenvalue weighted by atomic mass is 32.2. The first kappa shape index (κ1) is 18.1. The Morgan fingerprint density at radius 1 is 1.37 bits per heavy atom. The molecule has 0 atom stereocenters. The van der Waals surface area contributed by atoms with E-state index in [0.29, 0.717) is 12.5 Å². The Bertz CT molecular complexity index is 377. The van der Waals surface area contributed by atoms with E-state index in [9.17, 15) is 21.6 Å². The van der Waals surface area contributed by atoms with Gasteiger partial charge in [0, 0.05) is 6.54 Å². The summed E-state index contributed by atoms with van der Waals surface area (Å²) in [4.78, 5) is 8.90. The molecular formula is C9H17F3N2O4S. The van der Waals surface area contributed by atoms with Crippen LogP contribution < -0.4 is 10.0 Å². The Morgan fingerprint density at radius 3 is 2.11 bits per heavy atom. The van der Waals surface area contributed by atoms with Crippen molar-refractivity contribution < 1.29 is 31.5 Å². The first-order chi connectivity index (χ1) is 8.52. The molecule has 114 valence electrons. The molecule has 1 aliphatic heterocycles. The molecule has 0 spiro atoms. The zero-order valence-electron chi connectivity index (χ0n) is 10.3. The minimum absolute atomic E-state index is 0.515. The maximum atomic E-state index is 10.7. The molecule has 10 heteroatoms. The molecule has 3 N–H and O–H groups in total. The summed E-state index contributed by atoms with van der Waals surface area (Å²) < 4.78 is 55.8. The SMILES string of the molecule is CS(=O)(=O)NCC1CCNCC1.O=C(O)C(F)(F)F. The lowest BCUT2D eigenvalue weighted by Crippen LogP contribution is -2.35. The number of hydrogen-bond donors (Lipinski definition) is 3. The van der Waals surface area contributed by atoms with Crippen LogP contribution in [0.1, 0.15) is 12.8 Å². The van der Waals surface area contributed by atoms with Gasteiger partial charge in [0.2, 0.25) is 10.0 Å². The molecule has 0 amide bonds. The highest BCUT2D eigenvalue weighted by Crippen LogP contribution is 2.13. The molecule has 1 rings (SSSR count). The Hall–Kier alpha value is -0.870. The molecule has 0 aromatic rings. The zero-order valence-corrected chi connectivity index (χ0v) is 11.1. The first-order valence-corrected chi connectivity index (χ1v) is 7.37. The lowest BCUT2D eigenvalue weighted by Gasteiger charge is -2.22. The normalized spacial score (nSPS) is 17.5. The third kappa shape index (κ3) is 10.7. The second-order valence-electron chi connectivity index (χ2n) is 4.12. The smallest absolute Gasteiger partial charge is 0.475 e. The number of piperidine rings is 1. The van der Waals surface area contributed by atoms with Crippen molar-refractivity contribution in [3.63, 3.8) is 0 Å². The maximum Gasteiger partial charge on any atom is 0.490 e. The van der Waals surface area contributed by atoms with E-state index in [1.54, 1.807) is 0 Å². The molecular weight excluding hydrogens is 289 g/mol. The summed E-state index contributed by atoms with van der Waals surface area (Å²) in [5.74, 6) is -2.24. The Kier molecular flexibility index (Phi) is 7.30. The molecule has 0 saturated carbocycles. The molecule has 6 nitrogen and oxygen atoms in total. The van der Waals surface area contributed by atoms with Crippen molar-refractivity contribution in [2.24, 2.45) is 5.92 Å². The van der Waals surface area contributed by atoms with Gasteiger partial charge in [-0.25, -0.2) is 17.9 Å². The largest absolute Gasteiger partial charge is 0.490 e. The number of carbonyl (C=O) groups is 1. The van der Waals surface area contributed by atoms with Crippen molar-refractivity contribution >= 4 is 16.0 Å². The number of aliphatic carboxylic acids is 1. The topological polar surface area (TPSA) is 95.5 Å². The molecule has 0 aromatic carbocycles. The fourth-order valence-corrected chi connectivity index (χ4v) is 1.89. The second-order valence-corrected chi connectivity index (χ2v) is 5.95. The van der Waals surface area contributed by atoms with Crippen molar-refractivity contribution in [1.29, 1.82) is 0 Å². The van der Waals surface area contributed by atoms with Crippen molar-refractivity contribution in [3.8, 4) is 0 Å². The molecule has 1 saturated heterocycles. The minimum Gasteiger partial charge on any atom is -0.475 e. The van der Waals surface area contributed by atoms with Crippen LogP contribution in [-0.4, -0.2) is 51.6 Å². The second kappa shape index (κ2) is 7.65. The van der Waals surface area contributed by atoms with Crippen LogP contribution in [0.3, 0.4) is 0 Å². The molecule has 19 heavy (non-hydrogen) atoms. The van der Waals surface area contributed by atoms with Crippen LogP contribution in [-0.2, 0) is 14.8 Å². The summed E-state index contributed by atoms with van der Waals surface area (Å²) in [6.45, 7) is 2.62. The van der Waals surface area contributed by atoms with Gasteiger partial charge in [-0.15, -0.1) is 0 Å². The zero-order chi connectivity index (χ0) is 15.1. The van der Waals surface area contributed by atoms with Crippen LogP contribution in [0.25, 0.3) is 0 Å². The van der Waals surface area contributed by atoms with E-state index in [1.807, 2.05) is 0 Å². The quantitative estimate of drug-likeness (QED) is 0.691. The molecule has 0 aromatic heterocycles. The fourth-order valence-electron chi connectivity index (χ4n) is 1.36. The van der Waals surface area contributed by atoms with E-state index in [2.05, 4.69) is 10.0 Å². The molecule has 1 heterocycles. The average molecular weight is 306 g/mol. The molecule has 0 radical (unpaired) electrons. The molecule has 0 bridgehead atoms. The molecule has 0 unspecified atom stereocenters. The van der Waals surface area contributed by atoms with E-state index in [0.717, 1.165) is 25.9 Å². The van der Waals surface area contributed by atoms with Gasteiger partial charge in [0.25, 0.3) is 0 Å². The average Bonchev–Trinajstić information content (AvgIpc) is 2.26. The Labute approximate surface area is 109 Å². The van der Waals surface area contributed by atoms with Gasteiger partial charge in [-0.1, -0.05) is 0 Å². The number of nitrogens with one attached hydrogen (secondary N) is 2. The first-order valence-electron chi connectivity index (χ1n) is 5.48. The van der Waals surface area contributed by atoms with E-state index in [-0.39, 0.29) is 0 Å². The summed E-state index contributed by atoms with van der Waals surface area (Å²) in [5.41, 5.74) is 0. The van der Waals surface area contributed by atoms with Crippen LogP contribution in [0.5, 0.6) is 0 Å². The van der Waals surface area contributed by atoms with Crippen LogP contribution in [0.4, 0.5) is 13.2 Å². The van der Waals surface area contributed by atoms with Gasteiger partial charge >= 0.3 is 12.1 Å². The highest BCUT2D eigenvalue weighted by molar-refractivity contribution is 7.88. The number of alkyl halides is 3. The molecule has 0 aliphatic carbocycles. The molecule has 1 fully saturated rings. The van der Waals surface area contributed by atoms with E-state index in [4.69, 9.17) is 9.90 Å². The summed E-state index contributed by atoms with van der Waals surface area (Å²) in [6.07, 6.45) is -1.74. The van der Waals surface area contributed by atoms with Crippen LogP contribution >= 0.6 is 0 Å². The van der Waals surface area contributed by atoms with E-state index in [1.165, 1.54) is 6.26 Å². The van der Waals surface area contributed by atoms with Gasteiger partial charge in [0.1, 0.15) is 0 Å². The van der Waals surface area contributed by atoms with Crippen LogP contribution in [0, 0.1) is 5.92 Å². The van der Waals surface area contributed by atoms with Crippen LogP contribution in [0.2, 0.25) is 0 Å². The van der Waals surface area contributed by atoms with Gasteiger partial charge in [-0.05, 0) is 31.8 Å². The number of rotatable bonds is 3. The van der Waals surface area contributed by atoms with Crippen molar-refractivity contribution in [1.82, 2.24) is 10.0 Å². The lowest BCUT2D eigenvalue weighted by atomic mass is 9.99. The summed E-state index contributed by atoms with van der Waals surface area (Å²) in [7, 11) is -2.99. The third-order valence-electron chi connectivity index (χ3n) is 2.34. The van der Waals surface area contributed by atoms with Crippen molar-refractivity contribution in [3.05, 3.63) is 0 Å². The van der Waals surface area contributed by atoms with Gasteiger partial charge in [0.15, 0.2) is 0 Å². The van der Waals surface area contributed by atoms with Crippen molar-refractivity contribution in [2.45, 2.75) is 19.0 Å². The minimum atomic E-state index is -5.08. The van der Waals surface area contributed by atoms with E-state index < -0.39 is 22.2 Å². The maximum absolute atomic E-state index is 10.7. The number of carboxylic acids is 1. The highest BCUT2D eigenvalue weighted by Gasteiger charge is 2.38. The summed E-state index contributed by atoms with van der Waals surface area (Å²) in [6, 6.07) is 0. The van der Waals surface area contributed by atoms with Gasteiger partial charge in [-0.3, -0.25) is 0 Å². The number of halogens is 3. The number of hydrogen-bond acceptors (Lipinski definition) is 4. The predicted molar refractivity (Wildman–Crippen MR) is 62.1 cm³/mol. The number of carboxylic acid groups (broad SMARTS) is 1. The summed E-state index contributed by atoms with van der Waals surface area (Å²) >= 11 is 0. The van der Waals surface area contributed by atoms with Gasteiger partial charge < -0.3 is 10.4 Å². The lowest BCUT2D eigenvalue weighted by molar-refractivity contribution is -0.192. The van der Waals surface area contributed by atoms with Crippen molar-refractivity contribution in [2.75, 3.05) is 25.9 Å². The fraction of sp³-hybridized carbons (Fsp3) is 0.889. The third-order valence-corrected chi connectivity index (χ3v) is 3.03. The van der Waals surface area contributed by atoms with Gasteiger partial charge in [0.05, 0.1) is 6.26 Å². The Morgan fingerprint density at radius 2 is 1.79 bits per heavy atom. The predicted octanol–water partition coefficient (Wildman–Crippen LogP) is 0.168. The summed E-state index contributed by atoms with van der Waals surface area (Å²) in [5, 5.41) is 10.4. The van der Waals surface area contributed by atoms with Gasteiger partial charge in [-0.2, -0.15) is 13.2 Å². The monoisotopic (exact) mass is 306 g/mol. The standard InChI is InChI=1S/C7H16N2O2S.C2HF3O2/c1-12(10,11)9-6-7-2-4-8-5-3-7;3-2(4,5)1(6)7/h7-9H,2-6H2,1H3;(H,6,7). The van der Waals surface area contributed by atoms with E-state index >= 15 is 0 Å².